The molecule has 0 atom stereocenters. The van der Waals surface area contributed by atoms with Crippen molar-refractivity contribution in [1.29, 1.82) is 0 Å². The number of aromatic nitrogens is 3. The van der Waals surface area contributed by atoms with Gasteiger partial charge in [0.2, 0.25) is 0 Å². The van der Waals surface area contributed by atoms with Crippen LogP contribution < -0.4 is 0 Å². The van der Waals surface area contributed by atoms with E-state index in [1.807, 2.05) is 30.3 Å². The van der Waals surface area contributed by atoms with Crippen molar-refractivity contribution >= 4 is 22.5 Å². The van der Waals surface area contributed by atoms with E-state index in [-0.39, 0.29) is 5.56 Å². The topological polar surface area (TPSA) is 67.5 Å². The summed E-state index contributed by atoms with van der Waals surface area (Å²) in [6.45, 7) is 0. The van der Waals surface area contributed by atoms with Gasteiger partial charge in [-0.1, -0.05) is 36.4 Å². The lowest BCUT2D eigenvalue weighted by Gasteiger charge is -2.10. The van der Waals surface area contributed by atoms with Crippen molar-refractivity contribution < 1.29 is 9.90 Å². The van der Waals surface area contributed by atoms with Crippen LogP contribution in [0.25, 0.3) is 27.8 Å². The van der Waals surface area contributed by atoms with Gasteiger partial charge < -0.3 is 5.11 Å². The lowest BCUT2D eigenvalue weighted by molar-refractivity contribution is 0.0697. The number of para-hydroxylation sites is 1. The molecule has 2 aromatic heterocycles. The highest BCUT2D eigenvalue weighted by molar-refractivity contribution is 6.02. The van der Waals surface area contributed by atoms with Gasteiger partial charge in [-0.15, -0.1) is 0 Å². The van der Waals surface area contributed by atoms with E-state index in [0.717, 1.165) is 10.9 Å². The van der Waals surface area contributed by atoms with E-state index < -0.39 is 5.97 Å². The van der Waals surface area contributed by atoms with Crippen molar-refractivity contribution in [3.05, 3.63) is 66.4 Å². The third-order valence-corrected chi connectivity index (χ3v) is 3.65. The highest BCUT2D eigenvalue weighted by Crippen LogP contribution is 2.30. The van der Waals surface area contributed by atoms with E-state index in [2.05, 4.69) is 10.1 Å². The number of fused-ring (bicyclic) bond motifs is 3. The third-order valence-electron chi connectivity index (χ3n) is 3.65. The number of carboxylic acids is 1. The van der Waals surface area contributed by atoms with Crippen LogP contribution in [-0.2, 0) is 0 Å². The summed E-state index contributed by atoms with van der Waals surface area (Å²) in [5.41, 5.74) is 3.09. The van der Waals surface area contributed by atoms with Gasteiger partial charge in [0, 0.05) is 17.0 Å². The molecule has 0 bridgehead atoms. The Morgan fingerprint density at radius 1 is 1.00 bits per heavy atom. The van der Waals surface area contributed by atoms with Crippen molar-refractivity contribution in [3.8, 4) is 11.3 Å². The van der Waals surface area contributed by atoms with Crippen LogP contribution in [-0.4, -0.2) is 25.7 Å². The molecule has 0 aliphatic rings. The summed E-state index contributed by atoms with van der Waals surface area (Å²) < 4.78 is 1.75. The Bertz CT molecular complexity index is 1020. The molecule has 0 aliphatic carbocycles. The Labute approximate surface area is 125 Å². The van der Waals surface area contributed by atoms with Crippen LogP contribution in [0.4, 0.5) is 0 Å². The summed E-state index contributed by atoms with van der Waals surface area (Å²) in [7, 11) is 0. The second-order valence-corrected chi connectivity index (χ2v) is 4.93. The van der Waals surface area contributed by atoms with Gasteiger partial charge >= 0.3 is 5.97 Å². The predicted octanol–water partition coefficient (Wildman–Crippen LogP) is 3.25. The molecule has 2 aromatic carbocycles. The molecule has 22 heavy (non-hydrogen) atoms. The molecule has 5 nitrogen and oxygen atoms in total. The Kier molecular flexibility index (Phi) is 2.66. The number of aromatic carboxylic acids is 1. The van der Waals surface area contributed by atoms with Gasteiger partial charge in [0.1, 0.15) is 0 Å². The molecule has 5 heteroatoms. The fourth-order valence-corrected chi connectivity index (χ4v) is 2.68. The van der Waals surface area contributed by atoms with Crippen molar-refractivity contribution in [2.75, 3.05) is 0 Å². The maximum atomic E-state index is 11.5. The fourth-order valence-electron chi connectivity index (χ4n) is 2.68. The SMILES string of the molecule is O=C(O)c1ccccc1-c1nc2ccnn2c2ccccc12. The molecule has 2 heterocycles. The first kappa shape index (κ1) is 12.5. The molecule has 4 aromatic rings. The Morgan fingerprint density at radius 2 is 1.77 bits per heavy atom. The van der Waals surface area contributed by atoms with Gasteiger partial charge in [-0.3, -0.25) is 0 Å². The van der Waals surface area contributed by atoms with E-state index in [9.17, 15) is 9.90 Å². The van der Waals surface area contributed by atoms with E-state index in [1.165, 1.54) is 0 Å². The number of benzene rings is 2. The summed E-state index contributed by atoms with van der Waals surface area (Å²) in [6.07, 6.45) is 1.68. The van der Waals surface area contributed by atoms with E-state index >= 15 is 0 Å². The molecule has 0 radical (unpaired) electrons. The zero-order valence-electron chi connectivity index (χ0n) is 11.5. The molecule has 1 N–H and O–H groups in total. The van der Waals surface area contributed by atoms with Crippen molar-refractivity contribution in [2.45, 2.75) is 0 Å². The molecular formula is C17H11N3O2. The summed E-state index contributed by atoms with van der Waals surface area (Å²) in [6, 6.07) is 16.4. The minimum atomic E-state index is -0.963. The molecular weight excluding hydrogens is 278 g/mol. The maximum Gasteiger partial charge on any atom is 0.336 e. The summed E-state index contributed by atoms with van der Waals surface area (Å²) in [5.74, 6) is -0.963. The molecule has 0 aliphatic heterocycles. The summed E-state index contributed by atoms with van der Waals surface area (Å²) in [4.78, 5) is 16.1. The number of carbonyl (C=O) groups is 1. The maximum absolute atomic E-state index is 11.5. The first-order valence-electron chi connectivity index (χ1n) is 6.81. The average Bonchev–Trinajstić information content (AvgIpc) is 3.03. The smallest absolute Gasteiger partial charge is 0.336 e. The molecule has 106 valence electrons. The molecule has 0 unspecified atom stereocenters. The van der Waals surface area contributed by atoms with Crippen LogP contribution in [0.15, 0.2) is 60.8 Å². The summed E-state index contributed by atoms with van der Waals surface area (Å²) in [5, 5.41) is 14.6. The van der Waals surface area contributed by atoms with Gasteiger partial charge in [-0.05, 0) is 12.1 Å². The number of hydrogen-bond donors (Lipinski definition) is 1. The highest BCUT2D eigenvalue weighted by atomic mass is 16.4. The minimum absolute atomic E-state index is 0.240. The first-order valence-corrected chi connectivity index (χ1v) is 6.81. The standard InChI is InChI=1S/C17H11N3O2/c21-17(22)12-6-2-1-5-11(12)16-13-7-3-4-8-14(13)20-15(19-16)9-10-18-20/h1-10H,(H,21,22). The van der Waals surface area contributed by atoms with Crippen LogP contribution >= 0.6 is 0 Å². The molecule has 0 saturated carbocycles. The van der Waals surface area contributed by atoms with Crippen molar-refractivity contribution in [3.63, 3.8) is 0 Å². The number of carboxylic acid groups (broad SMARTS) is 1. The normalized spacial score (nSPS) is 11.1. The average molecular weight is 289 g/mol. The molecule has 0 saturated heterocycles. The highest BCUT2D eigenvalue weighted by Gasteiger charge is 2.16. The number of rotatable bonds is 2. The van der Waals surface area contributed by atoms with Crippen LogP contribution in [0, 0.1) is 0 Å². The lowest BCUT2D eigenvalue weighted by atomic mass is 10.0. The second-order valence-electron chi connectivity index (χ2n) is 4.93. The largest absolute Gasteiger partial charge is 0.478 e. The van der Waals surface area contributed by atoms with Crippen molar-refractivity contribution in [1.82, 2.24) is 14.6 Å². The fraction of sp³-hybridized carbons (Fsp3) is 0. The molecule has 0 spiro atoms. The molecule has 0 amide bonds. The van der Waals surface area contributed by atoms with Gasteiger partial charge in [0.25, 0.3) is 0 Å². The van der Waals surface area contributed by atoms with Crippen LogP contribution in [0.1, 0.15) is 10.4 Å². The monoisotopic (exact) mass is 289 g/mol. The minimum Gasteiger partial charge on any atom is -0.478 e. The van der Waals surface area contributed by atoms with E-state index in [0.29, 0.717) is 16.9 Å². The van der Waals surface area contributed by atoms with Crippen LogP contribution in [0.3, 0.4) is 0 Å². The van der Waals surface area contributed by atoms with E-state index in [4.69, 9.17) is 0 Å². The van der Waals surface area contributed by atoms with Gasteiger partial charge in [-0.25, -0.2) is 14.3 Å². The second kappa shape index (κ2) is 4.66. The lowest BCUT2D eigenvalue weighted by Crippen LogP contribution is -2.02. The number of hydrogen-bond acceptors (Lipinski definition) is 3. The predicted molar refractivity (Wildman–Crippen MR) is 82.9 cm³/mol. The zero-order chi connectivity index (χ0) is 15.1. The first-order chi connectivity index (χ1) is 10.8. The van der Waals surface area contributed by atoms with Gasteiger partial charge in [0.05, 0.1) is 23.0 Å². The van der Waals surface area contributed by atoms with Gasteiger partial charge in [0.15, 0.2) is 5.65 Å². The summed E-state index contributed by atoms with van der Waals surface area (Å²) >= 11 is 0. The van der Waals surface area contributed by atoms with Crippen LogP contribution in [0.5, 0.6) is 0 Å². The molecule has 0 fully saturated rings. The zero-order valence-corrected chi connectivity index (χ0v) is 11.5. The Hall–Kier alpha value is -3.21. The van der Waals surface area contributed by atoms with Gasteiger partial charge in [-0.2, -0.15) is 5.10 Å². The third kappa shape index (κ3) is 1.76. The number of nitrogens with zero attached hydrogens (tertiary/aromatic N) is 3. The molecule has 4 rings (SSSR count). The quantitative estimate of drug-likeness (QED) is 0.615. The van der Waals surface area contributed by atoms with E-state index in [1.54, 1.807) is 35.0 Å². The van der Waals surface area contributed by atoms with Crippen LogP contribution in [0.2, 0.25) is 0 Å². The Morgan fingerprint density at radius 3 is 2.64 bits per heavy atom. The van der Waals surface area contributed by atoms with Crippen molar-refractivity contribution in [2.24, 2.45) is 0 Å². The Balaban J connectivity index is 2.16.